The Bertz CT molecular complexity index is 389. The molecule has 1 unspecified atom stereocenters. The second-order valence-electron chi connectivity index (χ2n) is 3.90. The summed E-state index contributed by atoms with van der Waals surface area (Å²) in [4.78, 5) is 11.0. The molecule has 1 aliphatic heterocycles. The quantitative estimate of drug-likeness (QED) is 0.804. The van der Waals surface area contributed by atoms with Crippen molar-refractivity contribution in [3.05, 3.63) is 11.6 Å². The summed E-state index contributed by atoms with van der Waals surface area (Å²) >= 11 is 0. The molecule has 0 amide bonds. The van der Waals surface area contributed by atoms with Gasteiger partial charge in [0, 0.05) is 20.1 Å². The Kier molecular flexibility index (Phi) is 3.19. The van der Waals surface area contributed by atoms with Crippen LogP contribution in [0.15, 0.2) is 0 Å². The number of aromatic nitrogens is 3. The van der Waals surface area contributed by atoms with Gasteiger partial charge in [0.2, 0.25) is 0 Å². The van der Waals surface area contributed by atoms with Crippen molar-refractivity contribution in [3.8, 4) is 0 Å². The molecule has 6 nitrogen and oxygen atoms in total. The number of carboxylic acids is 1. The molecule has 1 atom stereocenters. The second-order valence-corrected chi connectivity index (χ2v) is 3.90. The van der Waals surface area contributed by atoms with Crippen LogP contribution in [0.3, 0.4) is 0 Å². The molecule has 0 aliphatic carbocycles. The lowest BCUT2D eigenvalue weighted by atomic mass is 9.99. The van der Waals surface area contributed by atoms with Crippen molar-refractivity contribution in [2.75, 3.05) is 13.7 Å². The first kappa shape index (κ1) is 11.1. The van der Waals surface area contributed by atoms with Crippen LogP contribution in [0, 0.1) is 0 Å². The Morgan fingerprint density at radius 2 is 2.44 bits per heavy atom. The number of rotatable bonds is 4. The van der Waals surface area contributed by atoms with Gasteiger partial charge < -0.3 is 14.4 Å². The van der Waals surface area contributed by atoms with Crippen LogP contribution in [0.25, 0.3) is 0 Å². The van der Waals surface area contributed by atoms with Crippen LogP contribution < -0.4 is 0 Å². The predicted molar refractivity (Wildman–Crippen MR) is 55.2 cm³/mol. The summed E-state index contributed by atoms with van der Waals surface area (Å²) in [6.07, 6.45) is 2.19. The van der Waals surface area contributed by atoms with E-state index in [4.69, 9.17) is 9.84 Å². The average Bonchev–Trinajstić information content (AvgIpc) is 2.69. The Balaban J connectivity index is 2.24. The van der Waals surface area contributed by atoms with Crippen molar-refractivity contribution >= 4 is 5.97 Å². The van der Waals surface area contributed by atoms with Crippen LogP contribution >= 0.6 is 0 Å². The molecule has 0 saturated heterocycles. The monoisotopic (exact) mass is 225 g/mol. The number of carboxylic acid groups (broad SMARTS) is 1. The van der Waals surface area contributed by atoms with Crippen LogP contribution in [0.1, 0.15) is 30.4 Å². The van der Waals surface area contributed by atoms with Gasteiger partial charge in [0.25, 0.3) is 0 Å². The first-order valence-corrected chi connectivity index (χ1v) is 5.37. The number of methoxy groups -OCH3 is 1. The van der Waals surface area contributed by atoms with Gasteiger partial charge >= 0.3 is 5.97 Å². The van der Waals surface area contributed by atoms with Crippen molar-refractivity contribution < 1.29 is 14.6 Å². The first-order chi connectivity index (χ1) is 7.74. The lowest BCUT2D eigenvalue weighted by Crippen LogP contribution is -2.23. The minimum absolute atomic E-state index is 0.502. The van der Waals surface area contributed by atoms with Crippen LogP contribution in [0.4, 0.5) is 0 Å². The third-order valence-corrected chi connectivity index (χ3v) is 2.87. The third kappa shape index (κ3) is 1.92. The molecule has 88 valence electrons. The molecule has 6 heteroatoms. The van der Waals surface area contributed by atoms with Crippen molar-refractivity contribution in [2.45, 2.75) is 31.7 Å². The van der Waals surface area contributed by atoms with Gasteiger partial charge in [0.1, 0.15) is 17.6 Å². The number of hydrogen-bond acceptors (Lipinski definition) is 4. The van der Waals surface area contributed by atoms with Gasteiger partial charge in [-0.25, -0.2) is 0 Å². The number of ether oxygens (including phenoxy) is 1. The van der Waals surface area contributed by atoms with Crippen molar-refractivity contribution in [1.29, 1.82) is 0 Å². The maximum atomic E-state index is 11.0. The molecule has 0 spiro atoms. The smallest absolute Gasteiger partial charge is 0.314 e. The van der Waals surface area contributed by atoms with Gasteiger partial charge in [-0.15, -0.1) is 10.2 Å². The lowest BCUT2D eigenvalue weighted by molar-refractivity contribution is -0.139. The van der Waals surface area contributed by atoms with Crippen LogP contribution in [0.5, 0.6) is 0 Å². The zero-order valence-corrected chi connectivity index (χ0v) is 9.22. The molecule has 16 heavy (non-hydrogen) atoms. The van der Waals surface area contributed by atoms with Gasteiger partial charge in [0.15, 0.2) is 0 Å². The van der Waals surface area contributed by atoms with E-state index in [9.17, 15) is 4.79 Å². The fourth-order valence-corrected chi connectivity index (χ4v) is 2.05. The fourth-order valence-electron chi connectivity index (χ4n) is 2.05. The van der Waals surface area contributed by atoms with E-state index < -0.39 is 11.9 Å². The lowest BCUT2D eigenvalue weighted by Gasteiger charge is -2.20. The third-order valence-electron chi connectivity index (χ3n) is 2.87. The number of aliphatic carboxylic acids is 1. The van der Waals surface area contributed by atoms with E-state index in [1.807, 2.05) is 4.57 Å². The maximum absolute atomic E-state index is 11.0. The summed E-state index contributed by atoms with van der Waals surface area (Å²) in [5, 5.41) is 17.1. The maximum Gasteiger partial charge on any atom is 0.314 e. The summed E-state index contributed by atoms with van der Waals surface area (Å²) in [5.74, 6) is 0.0943. The molecule has 2 heterocycles. The van der Waals surface area contributed by atoms with Crippen molar-refractivity contribution in [2.24, 2.45) is 0 Å². The largest absolute Gasteiger partial charge is 0.481 e. The standard InChI is InChI=1S/C10H15N3O3/c1-16-6-4-8-11-12-9-7(10(14)15)3-2-5-13(8)9/h7H,2-6H2,1H3,(H,14,15). The van der Waals surface area contributed by atoms with E-state index >= 15 is 0 Å². The molecule has 0 fully saturated rings. The zero-order chi connectivity index (χ0) is 11.5. The van der Waals surface area contributed by atoms with Gasteiger partial charge in [-0.3, -0.25) is 4.79 Å². The number of hydrogen-bond donors (Lipinski definition) is 1. The van der Waals surface area contributed by atoms with Gasteiger partial charge in [0.05, 0.1) is 6.61 Å². The molecule has 0 saturated carbocycles. The molecule has 0 radical (unpaired) electrons. The van der Waals surface area contributed by atoms with Crippen molar-refractivity contribution in [3.63, 3.8) is 0 Å². The van der Waals surface area contributed by atoms with Crippen molar-refractivity contribution in [1.82, 2.24) is 14.8 Å². The summed E-state index contributed by atoms with van der Waals surface area (Å²) in [5.41, 5.74) is 0. The van der Waals surface area contributed by atoms with E-state index in [0.29, 0.717) is 25.3 Å². The number of fused-ring (bicyclic) bond motifs is 1. The summed E-state index contributed by atoms with van der Waals surface area (Å²) in [6, 6.07) is 0. The molecule has 0 bridgehead atoms. The van der Waals surface area contributed by atoms with Crippen LogP contribution in [-0.2, 0) is 22.5 Å². The van der Waals surface area contributed by atoms with E-state index in [0.717, 1.165) is 18.8 Å². The minimum Gasteiger partial charge on any atom is -0.481 e. The Labute approximate surface area is 93.2 Å². The molecule has 2 rings (SSSR count). The molecule has 1 N–H and O–H groups in total. The average molecular weight is 225 g/mol. The summed E-state index contributed by atoms with van der Waals surface area (Å²) in [6.45, 7) is 1.39. The minimum atomic E-state index is -0.813. The number of nitrogens with zero attached hydrogens (tertiary/aromatic N) is 3. The van der Waals surface area contributed by atoms with Gasteiger partial charge in [-0.1, -0.05) is 0 Å². The highest BCUT2D eigenvalue weighted by Crippen LogP contribution is 2.26. The normalized spacial score (nSPS) is 19.4. The Morgan fingerprint density at radius 1 is 1.62 bits per heavy atom. The fraction of sp³-hybridized carbons (Fsp3) is 0.700. The first-order valence-electron chi connectivity index (χ1n) is 5.37. The van der Waals surface area contributed by atoms with Crippen LogP contribution in [0.2, 0.25) is 0 Å². The van der Waals surface area contributed by atoms with Crippen LogP contribution in [-0.4, -0.2) is 39.6 Å². The highest BCUT2D eigenvalue weighted by molar-refractivity contribution is 5.75. The van der Waals surface area contributed by atoms with Gasteiger partial charge in [-0.2, -0.15) is 0 Å². The molecular formula is C10H15N3O3. The summed E-state index contributed by atoms with van der Waals surface area (Å²) in [7, 11) is 1.63. The van der Waals surface area contributed by atoms with E-state index in [2.05, 4.69) is 10.2 Å². The highest BCUT2D eigenvalue weighted by Gasteiger charge is 2.30. The Hall–Kier alpha value is -1.43. The predicted octanol–water partition coefficient (Wildman–Crippen LogP) is 0.429. The second kappa shape index (κ2) is 4.61. The van der Waals surface area contributed by atoms with E-state index in [-0.39, 0.29) is 0 Å². The SMILES string of the molecule is COCCc1nnc2n1CCCC2C(=O)O. The topological polar surface area (TPSA) is 77.2 Å². The summed E-state index contributed by atoms with van der Waals surface area (Å²) < 4.78 is 6.90. The van der Waals surface area contributed by atoms with E-state index in [1.54, 1.807) is 7.11 Å². The van der Waals surface area contributed by atoms with E-state index in [1.165, 1.54) is 0 Å². The zero-order valence-electron chi connectivity index (χ0n) is 9.22. The molecular weight excluding hydrogens is 210 g/mol. The van der Waals surface area contributed by atoms with Gasteiger partial charge in [-0.05, 0) is 12.8 Å². The molecule has 0 aromatic carbocycles. The highest BCUT2D eigenvalue weighted by atomic mass is 16.5. The molecule has 1 aromatic heterocycles. The molecule has 1 aliphatic rings. The number of carbonyl (C=O) groups is 1. The Morgan fingerprint density at radius 3 is 3.12 bits per heavy atom. The molecule has 1 aromatic rings.